The number of carbonyl (C=O) groups is 1. The Kier molecular flexibility index (Phi) is 5.21. The number of nitrogens with one attached hydrogen (secondary N) is 1. The fourth-order valence-corrected chi connectivity index (χ4v) is 1.50. The van der Waals surface area contributed by atoms with E-state index in [2.05, 4.69) is 26.3 Å². The molecule has 0 aliphatic carbocycles. The van der Waals surface area contributed by atoms with E-state index >= 15 is 0 Å². The Balaban J connectivity index is 2.39. The predicted octanol–water partition coefficient (Wildman–Crippen LogP) is 1.38. The van der Waals surface area contributed by atoms with Gasteiger partial charge < -0.3 is 4.74 Å². The largest absolute Gasteiger partial charge is 0.489 e. The molecular weight excluding hydrogens is 274 g/mol. The molecule has 1 aromatic rings. The quantitative estimate of drug-likeness (QED) is 0.487. The third-order valence-corrected chi connectivity index (χ3v) is 2.39. The van der Waals surface area contributed by atoms with Crippen LogP contribution in [0.3, 0.4) is 0 Å². The second kappa shape index (κ2) is 6.44. The maximum Gasteiger partial charge on any atom is 0.234 e. The van der Waals surface area contributed by atoms with E-state index in [1.165, 1.54) is 0 Å². The number of hydrazine groups is 1. The monoisotopic (exact) mass is 287 g/mol. The lowest BCUT2D eigenvalue weighted by atomic mass is 10.2. The Bertz CT molecular complexity index is 360. The van der Waals surface area contributed by atoms with Gasteiger partial charge in [0, 0.05) is 17.1 Å². The Morgan fingerprint density at radius 2 is 2.44 bits per heavy atom. The van der Waals surface area contributed by atoms with Gasteiger partial charge in [0.2, 0.25) is 5.91 Å². The number of aromatic nitrogens is 1. The molecule has 0 aliphatic heterocycles. The highest BCUT2D eigenvalue weighted by Crippen LogP contribution is 2.18. The average Bonchev–Trinajstić information content (AvgIpc) is 2.26. The first-order chi connectivity index (χ1) is 7.61. The Labute approximate surface area is 102 Å². The van der Waals surface area contributed by atoms with Crippen molar-refractivity contribution in [3.63, 3.8) is 0 Å². The molecule has 0 saturated heterocycles. The van der Waals surface area contributed by atoms with Crippen LogP contribution >= 0.6 is 15.9 Å². The standard InChI is InChI=1S/C10H14BrN3O2/c1-7(2-3-10(15)14-12)16-9-4-8(11)5-13-6-9/h4-7H,2-3,12H2,1H3,(H,14,15). The molecule has 5 nitrogen and oxygen atoms in total. The number of carbonyl (C=O) groups excluding carboxylic acids is 1. The van der Waals surface area contributed by atoms with Crippen LogP contribution in [0.5, 0.6) is 5.75 Å². The third-order valence-electron chi connectivity index (χ3n) is 1.96. The number of hydrogen-bond donors (Lipinski definition) is 2. The van der Waals surface area contributed by atoms with Crippen molar-refractivity contribution >= 4 is 21.8 Å². The van der Waals surface area contributed by atoms with Crippen LogP contribution in [-0.4, -0.2) is 17.0 Å². The van der Waals surface area contributed by atoms with Gasteiger partial charge in [-0.05, 0) is 35.3 Å². The van der Waals surface area contributed by atoms with Crippen LogP contribution in [0.1, 0.15) is 19.8 Å². The van der Waals surface area contributed by atoms with Gasteiger partial charge in [-0.2, -0.15) is 0 Å². The van der Waals surface area contributed by atoms with E-state index in [-0.39, 0.29) is 12.0 Å². The summed E-state index contributed by atoms with van der Waals surface area (Å²) < 4.78 is 6.43. The van der Waals surface area contributed by atoms with E-state index in [0.29, 0.717) is 18.6 Å². The summed E-state index contributed by atoms with van der Waals surface area (Å²) in [5.74, 6) is 5.46. The highest BCUT2D eigenvalue weighted by Gasteiger charge is 2.07. The van der Waals surface area contributed by atoms with Gasteiger partial charge in [-0.1, -0.05) is 0 Å². The minimum atomic E-state index is -0.192. The zero-order valence-electron chi connectivity index (χ0n) is 8.94. The second-order valence-electron chi connectivity index (χ2n) is 3.37. The first-order valence-electron chi connectivity index (χ1n) is 4.88. The summed E-state index contributed by atoms with van der Waals surface area (Å²) in [4.78, 5) is 14.9. The third kappa shape index (κ3) is 4.59. The van der Waals surface area contributed by atoms with E-state index in [0.717, 1.165) is 4.47 Å². The zero-order chi connectivity index (χ0) is 12.0. The normalized spacial score (nSPS) is 11.9. The summed E-state index contributed by atoms with van der Waals surface area (Å²) >= 11 is 3.30. The molecule has 1 rings (SSSR count). The van der Waals surface area contributed by atoms with Crippen LogP contribution in [0.2, 0.25) is 0 Å². The molecule has 16 heavy (non-hydrogen) atoms. The van der Waals surface area contributed by atoms with Gasteiger partial charge in [0.1, 0.15) is 5.75 Å². The van der Waals surface area contributed by atoms with E-state index in [9.17, 15) is 4.79 Å². The maximum atomic E-state index is 10.9. The molecule has 1 amide bonds. The Morgan fingerprint density at radius 1 is 1.69 bits per heavy atom. The van der Waals surface area contributed by atoms with Gasteiger partial charge >= 0.3 is 0 Å². The molecule has 1 unspecified atom stereocenters. The molecule has 6 heteroatoms. The van der Waals surface area contributed by atoms with Crippen LogP contribution in [0.15, 0.2) is 22.9 Å². The van der Waals surface area contributed by atoms with Crippen LogP contribution in [0.4, 0.5) is 0 Å². The van der Waals surface area contributed by atoms with Crippen LogP contribution in [-0.2, 0) is 4.79 Å². The lowest BCUT2D eigenvalue weighted by molar-refractivity contribution is -0.121. The van der Waals surface area contributed by atoms with Gasteiger partial charge in [0.25, 0.3) is 0 Å². The SMILES string of the molecule is CC(CCC(=O)NN)Oc1cncc(Br)c1. The number of rotatable bonds is 5. The molecule has 0 radical (unpaired) electrons. The molecule has 1 aromatic heterocycles. The van der Waals surface area contributed by atoms with Crippen molar-refractivity contribution < 1.29 is 9.53 Å². The molecule has 3 N–H and O–H groups in total. The summed E-state index contributed by atoms with van der Waals surface area (Å²) in [6.07, 6.45) is 4.20. The number of ether oxygens (including phenoxy) is 1. The summed E-state index contributed by atoms with van der Waals surface area (Å²) in [6, 6.07) is 1.83. The van der Waals surface area contributed by atoms with E-state index in [1.807, 2.05) is 13.0 Å². The van der Waals surface area contributed by atoms with Gasteiger partial charge in [0.15, 0.2) is 0 Å². The van der Waals surface area contributed by atoms with Crippen molar-refractivity contribution in [2.24, 2.45) is 5.84 Å². The van der Waals surface area contributed by atoms with E-state index in [4.69, 9.17) is 10.6 Å². The minimum Gasteiger partial charge on any atom is -0.489 e. The summed E-state index contributed by atoms with van der Waals surface area (Å²) in [7, 11) is 0. The van der Waals surface area contributed by atoms with Crippen molar-refractivity contribution in [2.45, 2.75) is 25.9 Å². The van der Waals surface area contributed by atoms with Gasteiger partial charge in [-0.25, -0.2) is 5.84 Å². The molecule has 1 atom stereocenters. The fraction of sp³-hybridized carbons (Fsp3) is 0.400. The van der Waals surface area contributed by atoms with Crippen molar-refractivity contribution in [3.8, 4) is 5.75 Å². The Hall–Kier alpha value is -1.14. The van der Waals surface area contributed by atoms with Crippen LogP contribution in [0.25, 0.3) is 0 Å². The first-order valence-corrected chi connectivity index (χ1v) is 5.67. The van der Waals surface area contributed by atoms with Crippen LogP contribution in [0, 0.1) is 0 Å². The molecule has 0 bridgehead atoms. The Morgan fingerprint density at radius 3 is 3.06 bits per heavy atom. The summed E-state index contributed by atoms with van der Waals surface area (Å²) in [5.41, 5.74) is 2.08. The number of nitrogens with zero attached hydrogens (tertiary/aromatic N) is 1. The molecular formula is C10H14BrN3O2. The van der Waals surface area contributed by atoms with Gasteiger partial charge in [-0.15, -0.1) is 0 Å². The average molecular weight is 288 g/mol. The van der Waals surface area contributed by atoms with E-state index < -0.39 is 0 Å². The first kappa shape index (κ1) is 12.9. The molecule has 0 saturated carbocycles. The highest BCUT2D eigenvalue weighted by molar-refractivity contribution is 9.10. The van der Waals surface area contributed by atoms with Crippen molar-refractivity contribution in [2.75, 3.05) is 0 Å². The van der Waals surface area contributed by atoms with Crippen molar-refractivity contribution in [1.29, 1.82) is 0 Å². The van der Waals surface area contributed by atoms with Crippen LogP contribution < -0.4 is 16.0 Å². The van der Waals surface area contributed by atoms with Gasteiger partial charge in [0.05, 0.1) is 12.3 Å². The second-order valence-corrected chi connectivity index (χ2v) is 4.29. The predicted molar refractivity (Wildman–Crippen MR) is 63.6 cm³/mol. The molecule has 0 fully saturated rings. The number of pyridine rings is 1. The minimum absolute atomic E-state index is 0.0617. The number of amides is 1. The number of nitrogens with two attached hydrogens (primary N) is 1. The molecule has 88 valence electrons. The lowest BCUT2D eigenvalue weighted by Crippen LogP contribution is -2.30. The number of hydrogen-bond acceptors (Lipinski definition) is 4. The maximum absolute atomic E-state index is 10.9. The molecule has 0 aliphatic rings. The number of halogens is 1. The summed E-state index contributed by atoms with van der Waals surface area (Å²) in [5, 5.41) is 0. The van der Waals surface area contributed by atoms with E-state index in [1.54, 1.807) is 12.4 Å². The smallest absolute Gasteiger partial charge is 0.234 e. The highest BCUT2D eigenvalue weighted by atomic mass is 79.9. The lowest BCUT2D eigenvalue weighted by Gasteiger charge is -2.13. The van der Waals surface area contributed by atoms with Crippen molar-refractivity contribution in [1.82, 2.24) is 10.4 Å². The molecule has 0 spiro atoms. The summed E-state index contributed by atoms with van der Waals surface area (Å²) in [6.45, 7) is 1.89. The molecule has 0 aromatic carbocycles. The topological polar surface area (TPSA) is 77.2 Å². The molecule has 1 heterocycles. The zero-order valence-corrected chi connectivity index (χ0v) is 10.5. The van der Waals surface area contributed by atoms with Crippen molar-refractivity contribution in [3.05, 3.63) is 22.9 Å². The van der Waals surface area contributed by atoms with Gasteiger partial charge in [-0.3, -0.25) is 15.2 Å². The fourth-order valence-electron chi connectivity index (χ4n) is 1.15.